The van der Waals surface area contributed by atoms with Gasteiger partial charge in [-0.3, -0.25) is 9.59 Å². The third-order valence-corrected chi connectivity index (χ3v) is 4.93. The van der Waals surface area contributed by atoms with Gasteiger partial charge in [-0.15, -0.1) is 0 Å². The Morgan fingerprint density at radius 2 is 1.82 bits per heavy atom. The third kappa shape index (κ3) is 4.97. The molecule has 0 saturated carbocycles. The zero-order valence-electron chi connectivity index (χ0n) is 15.6. The first-order valence-corrected chi connectivity index (χ1v) is 9.52. The number of nitrogens with one attached hydrogen (secondary N) is 1. The second-order valence-corrected chi connectivity index (χ2v) is 6.96. The normalized spacial score (nSPS) is 16.4. The highest BCUT2D eigenvalue weighted by Gasteiger charge is 2.32. The summed E-state index contributed by atoms with van der Waals surface area (Å²) >= 11 is 0. The first-order chi connectivity index (χ1) is 13.5. The second kappa shape index (κ2) is 9.17. The predicted molar refractivity (Wildman–Crippen MR) is 106 cm³/mol. The number of hydrogen-bond donors (Lipinski definition) is 2. The lowest BCUT2D eigenvalue weighted by Gasteiger charge is -2.33. The summed E-state index contributed by atoms with van der Waals surface area (Å²) in [6.45, 7) is 0.434. The molecule has 1 heterocycles. The van der Waals surface area contributed by atoms with Gasteiger partial charge in [-0.25, -0.2) is 4.79 Å². The standard InChI is InChI=1S/C22H24N2O4/c25-20(13-12-16-7-2-1-3-8-16)23-18-10-6-9-17(15-18)21(26)24-14-5-4-11-19(24)22(27)28/h1-3,6-10,15,19H,4-5,11-14H2,(H,23,25)(H,27,28). The highest BCUT2D eigenvalue weighted by Crippen LogP contribution is 2.21. The van der Waals surface area contributed by atoms with Crippen LogP contribution in [-0.2, 0) is 16.0 Å². The number of likely N-dealkylation sites (tertiary alicyclic amines) is 1. The Balaban J connectivity index is 1.63. The van der Waals surface area contributed by atoms with Gasteiger partial charge in [-0.1, -0.05) is 36.4 Å². The van der Waals surface area contributed by atoms with Gasteiger partial charge in [0.25, 0.3) is 5.91 Å². The maximum absolute atomic E-state index is 12.8. The maximum atomic E-state index is 12.8. The molecule has 2 amide bonds. The number of anilines is 1. The smallest absolute Gasteiger partial charge is 0.326 e. The lowest BCUT2D eigenvalue weighted by molar-refractivity contribution is -0.143. The first kappa shape index (κ1) is 19.6. The predicted octanol–water partition coefficient (Wildman–Crippen LogP) is 3.34. The van der Waals surface area contributed by atoms with E-state index in [2.05, 4.69) is 5.32 Å². The molecule has 1 aliphatic heterocycles. The quantitative estimate of drug-likeness (QED) is 0.805. The highest BCUT2D eigenvalue weighted by atomic mass is 16.4. The lowest BCUT2D eigenvalue weighted by atomic mass is 10.0. The minimum atomic E-state index is -0.974. The molecule has 3 rings (SSSR count). The fourth-order valence-corrected chi connectivity index (χ4v) is 3.45. The van der Waals surface area contributed by atoms with E-state index in [4.69, 9.17) is 0 Å². The average Bonchev–Trinajstić information content (AvgIpc) is 2.72. The molecule has 0 bridgehead atoms. The van der Waals surface area contributed by atoms with Gasteiger partial charge in [0.15, 0.2) is 0 Å². The number of amides is 2. The van der Waals surface area contributed by atoms with Crippen molar-refractivity contribution in [1.29, 1.82) is 0 Å². The molecule has 0 spiro atoms. The van der Waals surface area contributed by atoms with Crippen molar-refractivity contribution in [2.24, 2.45) is 0 Å². The van der Waals surface area contributed by atoms with Gasteiger partial charge in [-0.2, -0.15) is 0 Å². The SMILES string of the molecule is O=C(CCc1ccccc1)Nc1cccc(C(=O)N2CCCCC2C(=O)O)c1. The molecule has 146 valence electrons. The molecule has 0 aromatic heterocycles. The van der Waals surface area contributed by atoms with Crippen LogP contribution in [0.3, 0.4) is 0 Å². The summed E-state index contributed by atoms with van der Waals surface area (Å²) in [4.78, 5) is 37.9. The monoisotopic (exact) mass is 380 g/mol. The molecule has 2 aromatic rings. The van der Waals surface area contributed by atoms with Crippen molar-refractivity contribution in [3.8, 4) is 0 Å². The Labute approximate surface area is 164 Å². The van der Waals surface area contributed by atoms with Crippen LogP contribution in [0.5, 0.6) is 0 Å². The molecular weight excluding hydrogens is 356 g/mol. The van der Waals surface area contributed by atoms with Crippen LogP contribution in [0.1, 0.15) is 41.6 Å². The van der Waals surface area contributed by atoms with Gasteiger partial charge in [0.05, 0.1) is 0 Å². The molecule has 1 saturated heterocycles. The number of carbonyl (C=O) groups is 3. The molecule has 1 unspecified atom stereocenters. The Morgan fingerprint density at radius 3 is 2.57 bits per heavy atom. The summed E-state index contributed by atoms with van der Waals surface area (Å²) in [5, 5.41) is 12.2. The maximum Gasteiger partial charge on any atom is 0.326 e. The van der Waals surface area contributed by atoms with E-state index in [0.29, 0.717) is 37.1 Å². The summed E-state index contributed by atoms with van der Waals surface area (Å²) in [6.07, 6.45) is 3.05. The van der Waals surface area contributed by atoms with E-state index in [9.17, 15) is 19.5 Å². The van der Waals surface area contributed by atoms with Gasteiger partial charge >= 0.3 is 5.97 Å². The van der Waals surface area contributed by atoms with Crippen molar-refractivity contribution in [3.05, 3.63) is 65.7 Å². The largest absolute Gasteiger partial charge is 0.480 e. The number of hydrogen-bond acceptors (Lipinski definition) is 3. The molecule has 2 aromatic carbocycles. The molecule has 2 N–H and O–H groups in total. The van der Waals surface area contributed by atoms with Crippen molar-refractivity contribution in [1.82, 2.24) is 4.90 Å². The van der Waals surface area contributed by atoms with Crippen LogP contribution >= 0.6 is 0 Å². The van der Waals surface area contributed by atoms with Crippen LogP contribution < -0.4 is 5.32 Å². The lowest BCUT2D eigenvalue weighted by Crippen LogP contribution is -2.48. The molecule has 1 fully saturated rings. The Bertz CT molecular complexity index is 851. The van der Waals surface area contributed by atoms with E-state index in [0.717, 1.165) is 18.4 Å². The topological polar surface area (TPSA) is 86.7 Å². The van der Waals surface area contributed by atoms with Crippen LogP contribution in [0.2, 0.25) is 0 Å². The molecule has 1 atom stereocenters. The fourth-order valence-electron chi connectivity index (χ4n) is 3.45. The Kier molecular flexibility index (Phi) is 6.42. The van der Waals surface area contributed by atoms with Crippen molar-refractivity contribution < 1.29 is 19.5 Å². The van der Waals surface area contributed by atoms with Crippen molar-refractivity contribution >= 4 is 23.5 Å². The van der Waals surface area contributed by atoms with Crippen molar-refractivity contribution in [3.63, 3.8) is 0 Å². The molecule has 6 nitrogen and oxygen atoms in total. The number of carboxylic acids is 1. The number of aryl methyl sites for hydroxylation is 1. The van der Waals surface area contributed by atoms with Gasteiger partial charge < -0.3 is 15.3 Å². The number of carboxylic acid groups (broad SMARTS) is 1. The second-order valence-electron chi connectivity index (χ2n) is 6.96. The average molecular weight is 380 g/mol. The van der Waals surface area contributed by atoms with E-state index >= 15 is 0 Å². The van der Waals surface area contributed by atoms with Crippen LogP contribution in [0.25, 0.3) is 0 Å². The van der Waals surface area contributed by atoms with E-state index < -0.39 is 12.0 Å². The molecule has 0 aliphatic carbocycles. The number of rotatable bonds is 6. The van der Waals surface area contributed by atoms with E-state index in [1.165, 1.54) is 4.90 Å². The number of carbonyl (C=O) groups excluding carboxylic acids is 2. The first-order valence-electron chi connectivity index (χ1n) is 9.52. The molecule has 6 heteroatoms. The van der Waals surface area contributed by atoms with Crippen LogP contribution in [0, 0.1) is 0 Å². The van der Waals surface area contributed by atoms with E-state index in [-0.39, 0.29) is 11.8 Å². The number of benzene rings is 2. The molecule has 1 aliphatic rings. The van der Waals surface area contributed by atoms with Crippen LogP contribution in [0.15, 0.2) is 54.6 Å². The van der Waals surface area contributed by atoms with Crippen molar-refractivity contribution in [2.75, 3.05) is 11.9 Å². The van der Waals surface area contributed by atoms with E-state index in [1.54, 1.807) is 24.3 Å². The molecular formula is C22H24N2O4. The summed E-state index contributed by atoms with van der Waals surface area (Å²) in [6, 6.07) is 15.6. The van der Waals surface area contributed by atoms with E-state index in [1.807, 2.05) is 30.3 Å². The fraction of sp³-hybridized carbons (Fsp3) is 0.318. The number of piperidine rings is 1. The zero-order chi connectivity index (χ0) is 19.9. The molecule has 0 radical (unpaired) electrons. The summed E-state index contributed by atoms with van der Waals surface area (Å²) < 4.78 is 0. The van der Waals surface area contributed by atoms with Gasteiger partial charge in [0.1, 0.15) is 6.04 Å². The zero-order valence-corrected chi connectivity index (χ0v) is 15.6. The van der Waals surface area contributed by atoms with Gasteiger partial charge in [-0.05, 0) is 49.4 Å². The summed E-state index contributed by atoms with van der Waals surface area (Å²) in [5.41, 5.74) is 2.01. The highest BCUT2D eigenvalue weighted by molar-refractivity contribution is 5.99. The Morgan fingerprint density at radius 1 is 1.04 bits per heavy atom. The van der Waals surface area contributed by atoms with Crippen molar-refractivity contribution in [2.45, 2.75) is 38.1 Å². The third-order valence-electron chi connectivity index (χ3n) is 4.93. The van der Waals surface area contributed by atoms with Crippen LogP contribution in [0.4, 0.5) is 5.69 Å². The summed E-state index contributed by atoms with van der Waals surface area (Å²) in [5.74, 6) is -1.42. The van der Waals surface area contributed by atoms with Crippen LogP contribution in [-0.4, -0.2) is 40.4 Å². The Hall–Kier alpha value is -3.15. The van der Waals surface area contributed by atoms with Gasteiger partial charge in [0.2, 0.25) is 5.91 Å². The number of nitrogens with zero attached hydrogens (tertiary/aromatic N) is 1. The minimum Gasteiger partial charge on any atom is -0.480 e. The summed E-state index contributed by atoms with van der Waals surface area (Å²) in [7, 11) is 0. The number of aliphatic carboxylic acids is 1. The van der Waals surface area contributed by atoms with Gasteiger partial charge in [0, 0.05) is 24.2 Å². The molecule has 28 heavy (non-hydrogen) atoms. The minimum absolute atomic E-state index is 0.130.